The molecule has 1 saturated heterocycles. The number of carbonyl (C=O) groups excluding carboxylic acids is 1. The molecule has 0 aliphatic carbocycles. The summed E-state index contributed by atoms with van der Waals surface area (Å²) < 4.78 is 0. The van der Waals surface area contributed by atoms with Gasteiger partial charge in [-0.05, 0) is 30.5 Å². The zero-order valence-electron chi connectivity index (χ0n) is 13.9. The first-order valence-corrected chi connectivity index (χ1v) is 8.25. The summed E-state index contributed by atoms with van der Waals surface area (Å²) in [5.74, 6) is 0.141. The lowest BCUT2D eigenvalue weighted by molar-refractivity contribution is -0.121. The predicted octanol–water partition coefficient (Wildman–Crippen LogP) is 3.37. The summed E-state index contributed by atoms with van der Waals surface area (Å²) in [6.45, 7) is 6.76. The standard InChI is InChI=1S/C20H24N2O/c1-15-8-9-18(16(2)12-15)14-22-11-10-21-20(23)13-19(22)17-6-4-3-5-7-17/h3-9,12,19H,10-11,13-14H2,1-2H3,(H,21,23). The maximum atomic E-state index is 12.0. The fraction of sp³-hybridized carbons (Fsp3) is 0.350. The first-order chi connectivity index (χ1) is 11.1. The summed E-state index contributed by atoms with van der Waals surface area (Å²) in [5, 5.41) is 3.00. The van der Waals surface area contributed by atoms with Crippen molar-refractivity contribution in [3.8, 4) is 0 Å². The van der Waals surface area contributed by atoms with E-state index in [1.165, 1.54) is 22.3 Å². The molecule has 23 heavy (non-hydrogen) atoms. The lowest BCUT2D eigenvalue weighted by Crippen LogP contribution is -2.30. The molecule has 3 nitrogen and oxygen atoms in total. The van der Waals surface area contributed by atoms with E-state index in [0.29, 0.717) is 13.0 Å². The van der Waals surface area contributed by atoms with Gasteiger partial charge in [-0.2, -0.15) is 0 Å². The summed E-state index contributed by atoms with van der Waals surface area (Å²) in [4.78, 5) is 14.5. The van der Waals surface area contributed by atoms with Gasteiger partial charge in [-0.3, -0.25) is 9.69 Å². The van der Waals surface area contributed by atoms with Crippen LogP contribution in [0.4, 0.5) is 0 Å². The van der Waals surface area contributed by atoms with Crippen molar-refractivity contribution in [1.82, 2.24) is 10.2 Å². The minimum atomic E-state index is 0.138. The molecule has 0 bridgehead atoms. The molecule has 1 heterocycles. The molecule has 3 heteroatoms. The molecular formula is C20H24N2O. The summed E-state index contributed by atoms with van der Waals surface area (Å²) in [6, 6.07) is 17.1. The van der Waals surface area contributed by atoms with Gasteiger partial charge in [-0.25, -0.2) is 0 Å². The van der Waals surface area contributed by atoms with Crippen LogP contribution in [0.1, 0.15) is 34.7 Å². The van der Waals surface area contributed by atoms with Crippen molar-refractivity contribution < 1.29 is 4.79 Å². The molecule has 1 amide bonds. The van der Waals surface area contributed by atoms with Gasteiger partial charge in [-0.15, -0.1) is 0 Å². The van der Waals surface area contributed by atoms with Crippen molar-refractivity contribution in [2.24, 2.45) is 0 Å². The van der Waals surface area contributed by atoms with Crippen LogP contribution >= 0.6 is 0 Å². The van der Waals surface area contributed by atoms with Crippen molar-refractivity contribution in [3.63, 3.8) is 0 Å². The van der Waals surface area contributed by atoms with Crippen LogP contribution in [-0.2, 0) is 11.3 Å². The van der Waals surface area contributed by atoms with Gasteiger partial charge in [0.2, 0.25) is 5.91 Å². The molecule has 1 N–H and O–H groups in total. The molecule has 0 aromatic heterocycles. The van der Waals surface area contributed by atoms with Crippen molar-refractivity contribution in [1.29, 1.82) is 0 Å². The Morgan fingerprint density at radius 1 is 1.13 bits per heavy atom. The lowest BCUT2D eigenvalue weighted by Gasteiger charge is -2.30. The van der Waals surface area contributed by atoms with Crippen molar-refractivity contribution in [2.45, 2.75) is 32.9 Å². The van der Waals surface area contributed by atoms with E-state index in [1.807, 2.05) is 18.2 Å². The predicted molar refractivity (Wildman–Crippen MR) is 93.1 cm³/mol. The Hall–Kier alpha value is -2.13. The Labute approximate surface area is 138 Å². The van der Waals surface area contributed by atoms with Gasteiger partial charge in [0.15, 0.2) is 0 Å². The van der Waals surface area contributed by atoms with Crippen LogP contribution in [0.25, 0.3) is 0 Å². The third kappa shape index (κ3) is 3.80. The van der Waals surface area contributed by atoms with Gasteiger partial charge in [0, 0.05) is 32.1 Å². The second kappa shape index (κ2) is 6.97. The van der Waals surface area contributed by atoms with Crippen LogP contribution in [0.3, 0.4) is 0 Å². The molecular weight excluding hydrogens is 284 g/mol. The van der Waals surface area contributed by atoms with Gasteiger partial charge < -0.3 is 5.32 Å². The maximum Gasteiger partial charge on any atom is 0.221 e. The minimum absolute atomic E-state index is 0.138. The lowest BCUT2D eigenvalue weighted by atomic mass is 10.00. The Balaban J connectivity index is 1.88. The highest BCUT2D eigenvalue weighted by Crippen LogP contribution is 2.28. The monoisotopic (exact) mass is 308 g/mol. The van der Waals surface area contributed by atoms with Crippen LogP contribution in [0.15, 0.2) is 48.5 Å². The van der Waals surface area contributed by atoms with Gasteiger partial charge in [0.05, 0.1) is 0 Å². The van der Waals surface area contributed by atoms with E-state index in [0.717, 1.165) is 13.1 Å². The summed E-state index contributed by atoms with van der Waals surface area (Å²) in [7, 11) is 0. The van der Waals surface area contributed by atoms with Crippen LogP contribution in [-0.4, -0.2) is 23.9 Å². The third-order valence-electron chi connectivity index (χ3n) is 4.60. The Bertz CT molecular complexity index is 681. The zero-order chi connectivity index (χ0) is 16.2. The average molecular weight is 308 g/mol. The smallest absolute Gasteiger partial charge is 0.221 e. The number of nitrogens with zero attached hydrogens (tertiary/aromatic N) is 1. The van der Waals surface area contributed by atoms with Crippen molar-refractivity contribution >= 4 is 5.91 Å². The van der Waals surface area contributed by atoms with Gasteiger partial charge in [0.25, 0.3) is 0 Å². The first kappa shape index (κ1) is 15.8. The highest BCUT2D eigenvalue weighted by molar-refractivity contribution is 5.77. The molecule has 1 aliphatic heterocycles. The van der Waals surface area contributed by atoms with E-state index in [2.05, 4.69) is 54.4 Å². The number of benzene rings is 2. The number of rotatable bonds is 3. The Morgan fingerprint density at radius 3 is 2.65 bits per heavy atom. The fourth-order valence-corrected chi connectivity index (χ4v) is 3.31. The topological polar surface area (TPSA) is 32.3 Å². The molecule has 1 aliphatic rings. The van der Waals surface area contributed by atoms with E-state index < -0.39 is 0 Å². The van der Waals surface area contributed by atoms with Gasteiger partial charge in [0.1, 0.15) is 0 Å². The normalized spacial score (nSPS) is 19.2. The molecule has 2 aromatic rings. The van der Waals surface area contributed by atoms with Crippen LogP contribution in [0.5, 0.6) is 0 Å². The van der Waals surface area contributed by atoms with Crippen molar-refractivity contribution in [3.05, 3.63) is 70.8 Å². The number of hydrogen-bond donors (Lipinski definition) is 1. The van der Waals surface area contributed by atoms with Crippen LogP contribution in [0.2, 0.25) is 0 Å². The number of hydrogen-bond acceptors (Lipinski definition) is 2. The molecule has 0 saturated carbocycles. The minimum Gasteiger partial charge on any atom is -0.355 e. The molecule has 0 radical (unpaired) electrons. The number of amides is 1. The second-order valence-electron chi connectivity index (χ2n) is 6.38. The average Bonchev–Trinajstić information content (AvgIpc) is 2.72. The Kier molecular flexibility index (Phi) is 4.77. The third-order valence-corrected chi connectivity index (χ3v) is 4.60. The van der Waals surface area contributed by atoms with E-state index in [4.69, 9.17) is 0 Å². The van der Waals surface area contributed by atoms with Crippen LogP contribution in [0, 0.1) is 13.8 Å². The molecule has 1 fully saturated rings. The van der Waals surface area contributed by atoms with Gasteiger partial charge in [-0.1, -0.05) is 54.1 Å². The largest absolute Gasteiger partial charge is 0.355 e. The summed E-state index contributed by atoms with van der Waals surface area (Å²) in [6.07, 6.45) is 0.523. The van der Waals surface area contributed by atoms with E-state index in [9.17, 15) is 4.79 Å². The van der Waals surface area contributed by atoms with Crippen LogP contribution < -0.4 is 5.32 Å². The molecule has 1 atom stereocenters. The zero-order valence-corrected chi connectivity index (χ0v) is 13.9. The molecule has 120 valence electrons. The summed E-state index contributed by atoms with van der Waals surface area (Å²) >= 11 is 0. The highest BCUT2D eigenvalue weighted by Gasteiger charge is 2.26. The highest BCUT2D eigenvalue weighted by atomic mass is 16.1. The maximum absolute atomic E-state index is 12.0. The van der Waals surface area contributed by atoms with Gasteiger partial charge >= 0.3 is 0 Å². The molecule has 1 unspecified atom stereocenters. The van der Waals surface area contributed by atoms with E-state index in [1.54, 1.807) is 0 Å². The molecule has 0 spiro atoms. The second-order valence-corrected chi connectivity index (χ2v) is 6.38. The first-order valence-electron chi connectivity index (χ1n) is 8.25. The Morgan fingerprint density at radius 2 is 1.91 bits per heavy atom. The van der Waals surface area contributed by atoms with Crippen molar-refractivity contribution in [2.75, 3.05) is 13.1 Å². The van der Waals surface area contributed by atoms with E-state index in [-0.39, 0.29) is 11.9 Å². The molecule has 3 rings (SSSR count). The number of aryl methyl sites for hydroxylation is 2. The van der Waals surface area contributed by atoms with E-state index >= 15 is 0 Å². The quantitative estimate of drug-likeness (QED) is 0.943. The number of carbonyl (C=O) groups is 1. The fourth-order valence-electron chi connectivity index (χ4n) is 3.31. The summed E-state index contributed by atoms with van der Waals surface area (Å²) in [5.41, 5.74) is 5.17. The molecule has 2 aromatic carbocycles. The number of nitrogens with one attached hydrogen (secondary N) is 1. The SMILES string of the molecule is Cc1ccc(CN2CCNC(=O)CC2c2ccccc2)c(C)c1.